The Balaban J connectivity index is 2.46. The minimum atomic E-state index is -3.67. The van der Waals surface area contributed by atoms with E-state index in [4.69, 9.17) is 10.7 Å². The van der Waals surface area contributed by atoms with Crippen LogP contribution in [0.15, 0.2) is 11.1 Å². The minimum absolute atomic E-state index is 0.0430. The van der Waals surface area contributed by atoms with Crippen molar-refractivity contribution in [2.75, 3.05) is 0 Å². The molecule has 4 nitrogen and oxygen atoms in total. The van der Waals surface area contributed by atoms with Crippen LogP contribution in [-0.2, 0) is 16.1 Å². The Labute approximate surface area is 80.9 Å². The van der Waals surface area contributed by atoms with E-state index in [1.165, 1.54) is 0 Å². The topological polar surface area (TPSA) is 52.0 Å². The molecule has 2 rings (SSSR count). The van der Waals surface area contributed by atoms with Gasteiger partial charge in [-0.25, -0.2) is 8.42 Å². The van der Waals surface area contributed by atoms with E-state index in [1.807, 2.05) is 0 Å². The fourth-order valence-corrected chi connectivity index (χ4v) is 2.04. The normalized spacial score (nSPS) is 17.7. The monoisotopic (exact) mass is 220 g/mol. The molecule has 1 aliphatic carbocycles. The van der Waals surface area contributed by atoms with Gasteiger partial charge in [-0.05, 0) is 18.9 Å². The molecule has 0 radical (unpaired) electrons. The van der Waals surface area contributed by atoms with Crippen molar-refractivity contribution in [2.24, 2.45) is 7.05 Å². The van der Waals surface area contributed by atoms with E-state index in [0.29, 0.717) is 5.92 Å². The molecular formula is C7H9ClN2O2S. The molecule has 0 aliphatic heterocycles. The van der Waals surface area contributed by atoms with Crippen molar-refractivity contribution in [1.82, 2.24) is 9.78 Å². The summed E-state index contributed by atoms with van der Waals surface area (Å²) in [4.78, 5) is 0. The maximum atomic E-state index is 10.9. The fourth-order valence-electron chi connectivity index (χ4n) is 1.33. The number of aryl methyl sites for hydroxylation is 1. The van der Waals surface area contributed by atoms with Crippen molar-refractivity contribution >= 4 is 19.7 Å². The molecule has 0 saturated heterocycles. The Bertz CT molecular complexity index is 433. The first-order chi connectivity index (χ1) is 5.98. The van der Waals surface area contributed by atoms with Crippen LogP contribution in [0.25, 0.3) is 0 Å². The van der Waals surface area contributed by atoms with Crippen LogP contribution in [0, 0.1) is 0 Å². The highest BCUT2D eigenvalue weighted by Crippen LogP contribution is 2.40. The highest BCUT2D eigenvalue weighted by atomic mass is 35.7. The van der Waals surface area contributed by atoms with E-state index in [-0.39, 0.29) is 5.03 Å². The van der Waals surface area contributed by atoms with E-state index in [9.17, 15) is 8.42 Å². The fraction of sp³-hybridized carbons (Fsp3) is 0.571. The first-order valence-electron chi connectivity index (χ1n) is 3.97. The van der Waals surface area contributed by atoms with Crippen LogP contribution >= 0.6 is 10.7 Å². The Hall–Kier alpha value is -0.550. The highest BCUT2D eigenvalue weighted by Gasteiger charge is 2.29. The Kier molecular flexibility index (Phi) is 1.89. The number of hydrogen-bond acceptors (Lipinski definition) is 3. The van der Waals surface area contributed by atoms with Gasteiger partial charge in [0, 0.05) is 29.3 Å². The van der Waals surface area contributed by atoms with Gasteiger partial charge in [0.2, 0.25) is 0 Å². The SMILES string of the molecule is Cn1nc(S(=O)(=O)Cl)cc1C1CC1. The summed E-state index contributed by atoms with van der Waals surface area (Å²) < 4.78 is 23.5. The number of hydrogen-bond donors (Lipinski definition) is 0. The second-order valence-corrected chi connectivity index (χ2v) is 5.76. The quantitative estimate of drug-likeness (QED) is 0.705. The van der Waals surface area contributed by atoms with Gasteiger partial charge in [-0.2, -0.15) is 5.10 Å². The molecule has 13 heavy (non-hydrogen) atoms. The summed E-state index contributed by atoms with van der Waals surface area (Å²) in [6, 6.07) is 1.56. The van der Waals surface area contributed by atoms with Gasteiger partial charge in [0.25, 0.3) is 9.05 Å². The van der Waals surface area contributed by atoms with Crippen molar-refractivity contribution in [1.29, 1.82) is 0 Å². The summed E-state index contributed by atoms with van der Waals surface area (Å²) >= 11 is 0. The Morgan fingerprint density at radius 1 is 1.62 bits per heavy atom. The molecule has 1 fully saturated rings. The number of rotatable bonds is 2. The van der Waals surface area contributed by atoms with Crippen LogP contribution < -0.4 is 0 Å². The van der Waals surface area contributed by atoms with E-state index in [1.54, 1.807) is 17.8 Å². The van der Waals surface area contributed by atoms with Crippen LogP contribution in [0.4, 0.5) is 0 Å². The standard InChI is InChI=1S/C7H9ClN2O2S/c1-10-6(5-2-3-5)4-7(9-10)13(8,11)12/h4-5H,2-3H2,1H3. The third kappa shape index (κ3) is 1.71. The van der Waals surface area contributed by atoms with Crippen molar-refractivity contribution in [3.63, 3.8) is 0 Å². The summed E-state index contributed by atoms with van der Waals surface area (Å²) in [5.41, 5.74) is 0.958. The van der Waals surface area contributed by atoms with Gasteiger partial charge in [-0.3, -0.25) is 4.68 Å². The van der Waals surface area contributed by atoms with Gasteiger partial charge < -0.3 is 0 Å². The zero-order chi connectivity index (χ0) is 9.64. The molecule has 72 valence electrons. The maximum Gasteiger partial charge on any atom is 0.280 e. The summed E-state index contributed by atoms with van der Waals surface area (Å²) in [6.07, 6.45) is 2.22. The second kappa shape index (κ2) is 2.72. The zero-order valence-corrected chi connectivity index (χ0v) is 8.64. The minimum Gasteiger partial charge on any atom is -0.271 e. The van der Waals surface area contributed by atoms with E-state index >= 15 is 0 Å². The van der Waals surface area contributed by atoms with E-state index in [0.717, 1.165) is 18.5 Å². The maximum absolute atomic E-state index is 10.9. The second-order valence-electron chi connectivity index (χ2n) is 3.24. The molecule has 1 aliphatic rings. The first kappa shape index (κ1) is 9.02. The summed E-state index contributed by atoms with van der Waals surface area (Å²) in [5, 5.41) is 3.80. The third-order valence-electron chi connectivity index (χ3n) is 2.14. The molecule has 1 saturated carbocycles. The number of halogens is 1. The highest BCUT2D eigenvalue weighted by molar-refractivity contribution is 8.13. The van der Waals surface area contributed by atoms with Gasteiger partial charge in [0.15, 0.2) is 5.03 Å². The van der Waals surface area contributed by atoms with Crippen LogP contribution in [0.1, 0.15) is 24.5 Å². The van der Waals surface area contributed by atoms with Crippen molar-refractivity contribution < 1.29 is 8.42 Å². The lowest BCUT2D eigenvalue weighted by atomic mass is 10.3. The summed E-state index contributed by atoms with van der Waals surface area (Å²) in [5.74, 6) is 0.477. The van der Waals surface area contributed by atoms with Gasteiger partial charge in [0.05, 0.1) is 0 Å². The van der Waals surface area contributed by atoms with Crippen molar-refractivity contribution in [2.45, 2.75) is 23.8 Å². The molecule has 0 amide bonds. The van der Waals surface area contributed by atoms with Crippen LogP contribution in [-0.4, -0.2) is 18.2 Å². The molecule has 0 bridgehead atoms. The average molecular weight is 221 g/mol. The van der Waals surface area contributed by atoms with Gasteiger partial charge >= 0.3 is 0 Å². The lowest BCUT2D eigenvalue weighted by Crippen LogP contribution is -1.97. The molecular weight excluding hydrogens is 212 g/mol. The van der Waals surface area contributed by atoms with Crippen LogP contribution in [0.2, 0.25) is 0 Å². The molecule has 0 spiro atoms. The lowest BCUT2D eigenvalue weighted by molar-refractivity contribution is 0.600. The predicted molar refractivity (Wildman–Crippen MR) is 48.2 cm³/mol. The smallest absolute Gasteiger partial charge is 0.271 e. The average Bonchev–Trinajstić information content (AvgIpc) is 2.73. The lowest BCUT2D eigenvalue weighted by Gasteiger charge is -1.94. The Morgan fingerprint density at radius 3 is 2.62 bits per heavy atom. The molecule has 6 heteroatoms. The largest absolute Gasteiger partial charge is 0.280 e. The van der Waals surface area contributed by atoms with E-state index in [2.05, 4.69) is 5.10 Å². The first-order valence-corrected chi connectivity index (χ1v) is 6.28. The zero-order valence-electron chi connectivity index (χ0n) is 7.07. The molecule has 1 heterocycles. The molecule has 1 aromatic rings. The number of nitrogens with zero attached hydrogens (tertiary/aromatic N) is 2. The van der Waals surface area contributed by atoms with Gasteiger partial charge in [-0.1, -0.05) is 0 Å². The number of aromatic nitrogens is 2. The van der Waals surface area contributed by atoms with Crippen molar-refractivity contribution in [3.8, 4) is 0 Å². The van der Waals surface area contributed by atoms with Gasteiger partial charge in [-0.15, -0.1) is 0 Å². The van der Waals surface area contributed by atoms with Crippen LogP contribution in [0.3, 0.4) is 0 Å². The third-order valence-corrected chi connectivity index (χ3v) is 3.31. The molecule has 0 N–H and O–H groups in total. The molecule has 0 atom stereocenters. The predicted octanol–water partition coefficient (Wildman–Crippen LogP) is 1.23. The summed E-state index contributed by atoms with van der Waals surface area (Å²) in [7, 11) is 3.23. The van der Waals surface area contributed by atoms with E-state index < -0.39 is 9.05 Å². The molecule has 0 unspecified atom stereocenters. The summed E-state index contributed by atoms with van der Waals surface area (Å²) in [6.45, 7) is 0. The van der Waals surface area contributed by atoms with Crippen LogP contribution in [0.5, 0.6) is 0 Å². The molecule has 0 aromatic carbocycles. The Morgan fingerprint density at radius 2 is 2.23 bits per heavy atom. The molecule has 1 aromatic heterocycles. The van der Waals surface area contributed by atoms with Gasteiger partial charge in [0.1, 0.15) is 0 Å². The van der Waals surface area contributed by atoms with Crippen molar-refractivity contribution in [3.05, 3.63) is 11.8 Å².